The molecule has 0 fully saturated rings. The van der Waals surface area contributed by atoms with Crippen molar-refractivity contribution in [2.24, 2.45) is 11.7 Å². The van der Waals surface area contributed by atoms with Crippen LogP contribution in [0.3, 0.4) is 0 Å². The molecule has 0 bridgehead atoms. The zero-order valence-electron chi connectivity index (χ0n) is 10.2. The first-order chi connectivity index (χ1) is 7.79. The second-order valence-corrected chi connectivity index (χ2v) is 4.05. The molecule has 7 nitrogen and oxygen atoms in total. The molecule has 0 radical (unpaired) electrons. The van der Waals surface area contributed by atoms with Crippen molar-refractivity contribution in [2.45, 2.75) is 32.4 Å². The highest BCUT2D eigenvalue weighted by molar-refractivity contribution is 5.91. The fourth-order valence-corrected chi connectivity index (χ4v) is 1.23. The van der Waals surface area contributed by atoms with Gasteiger partial charge in [-0.25, -0.2) is 0 Å². The van der Waals surface area contributed by atoms with Gasteiger partial charge >= 0.3 is 5.97 Å². The van der Waals surface area contributed by atoms with Crippen molar-refractivity contribution in [3.05, 3.63) is 0 Å². The predicted octanol–water partition coefficient (Wildman–Crippen LogP) is -1.32. The smallest absolute Gasteiger partial charge is 0.305 e. The summed E-state index contributed by atoms with van der Waals surface area (Å²) in [5.41, 5.74) is 5.38. The standard InChI is InChI=1S/C10H19N3O4/c1-5(2)8(10(17)12-3)13-9(16)6(11)4-7(14)15/h5-6,8H,4,11H2,1-3H3,(H,12,17)(H,13,16)(H,14,15)/t6-,8-/m0/s1. The van der Waals surface area contributed by atoms with E-state index in [0.717, 1.165) is 0 Å². The highest BCUT2D eigenvalue weighted by Gasteiger charge is 2.26. The summed E-state index contributed by atoms with van der Waals surface area (Å²) in [4.78, 5) is 33.4. The number of nitrogens with one attached hydrogen (secondary N) is 2. The fraction of sp³-hybridized carbons (Fsp3) is 0.700. The van der Waals surface area contributed by atoms with Crippen molar-refractivity contribution in [1.82, 2.24) is 10.6 Å². The van der Waals surface area contributed by atoms with E-state index in [1.165, 1.54) is 7.05 Å². The Morgan fingerprint density at radius 2 is 1.76 bits per heavy atom. The van der Waals surface area contributed by atoms with Crippen LogP contribution in [0.25, 0.3) is 0 Å². The number of carboxylic acids is 1. The van der Waals surface area contributed by atoms with Gasteiger partial charge in [-0.1, -0.05) is 13.8 Å². The van der Waals surface area contributed by atoms with Crippen molar-refractivity contribution in [1.29, 1.82) is 0 Å². The van der Waals surface area contributed by atoms with Crippen LogP contribution < -0.4 is 16.4 Å². The highest BCUT2D eigenvalue weighted by atomic mass is 16.4. The lowest BCUT2D eigenvalue weighted by molar-refractivity contribution is -0.139. The van der Waals surface area contributed by atoms with Gasteiger partial charge in [-0.15, -0.1) is 0 Å². The molecular formula is C10H19N3O4. The maximum atomic E-state index is 11.5. The van der Waals surface area contributed by atoms with Gasteiger partial charge in [0.25, 0.3) is 0 Å². The molecule has 0 heterocycles. The first-order valence-electron chi connectivity index (χ1n) is 5.29. The molecule has 0 aromatic heterocycles. The lowest BCUT2D eigenvalue weighted by Gasteiger charge is -2.22. The molecule has 5 N–H and O–H groups in total. The molecule has 2 atom stereocenters. The quantitative estimate of drug-likeness (QED) is 0.462. The van der Waals surface area contributed by atoms with Crippen molar-refractivity contribution in [3.8, 4) is 0 Å². The largest absolute Gasteiger partial charge is 0.481 e. The Hall–Kier alpha value is -1.63. The highest BCUT2D eigenvalue weighted by Crippen LogP contribution is 2.02. The summed E-state index contributed by atoms with van der Waals surface area (Å²) in [7, 11) is 1.46. The van der Waals surface area contributed by atoms with Crippen LogP contribution in [0.1, 0.15) is 20.3 Å². The molecule has 0 aliphatic heterocycles. The predicted molar refractivity (Wildman–Crippen MR) is 61.1 cm³/mol. The summed E-state index contributed by atoms with van der Waals surface area (Å²) < 4.78 is 0. The summed E-state index contributed by atoms with van der Waals surface area (Å²) in [6.45, 7) is 3.53. The monoisotopic (exact) mass is 245 g/mol. The lowest BCUT2D eigenvalue weighted by atomic mass is 10.0. The summed E-state index contributed by atoms with van der Waals surface area (Å²) in [6.07, 6.45) is -0.468. The van der Waals surface area contributed by atoms with Crippen molar-refractivity contribution >= 4 is 17.8 Å². The molecular weight excluding hydrogens is 226 g/mol. The number of carbonyl (C=O) groups excluding carboxylic acids is 2. The third kappa shape index (κ3) is 5.30. The Labute approximate surface area is 99.7 Å². The second-order valence-electron chi connectivity index (χ2n) is 4.05. The van der Waals surface area contributed by atoms with Gasteiger partial charge in [0.1, 0.15) is 6.04 Å². The first-order valence-corrected chi connectivity index (χ1v) is 5.29. The van der Waals surface area contributed by atoms with Gasteiger partial charge in [-0.2, -0.15) is 0 Å². The van der Waals surface area contributed by atoms with Gasteiger partial charge in [-0.3, -0.25) is 14.4 Å². The minimum atomic E-state index is -1.16. The number of carboxylic acid groups (broad SMARTS) is 1. The minimum Gasteiger partial charge on any atom is -0.481 e. The van der Waals surface area contributed by atoms with Crippen molar-refractivity contribution < 1.29 is 19.5 Å². The summed E-state index contributed by atoms with van der Waals surface area (Å²) >= 11 is 0. The molecule has 7 heteroatoms. The molecule has 0 saturated heterocycles. The molecule has 17 heavy (non-hydrogen) atoms. The van der Waals surface area contributed by atoms with E-state index >= 15 is 0 Å². The van der Waals surface area contributed by atoms with E-state index in [2.05, 4.69) is 10.6 Å². The van der Waals surface area contributed by atoms with Gasteiger partial charge in [0.2, 0.25) is 11.8 Å². The molecule has 0 spiro atoms. The maximum Gasteiger partial charge on any atom is 0.305 e. The third-order valence-electron chi connectivity index (χ3n) is 2.22. The van der Waals surface area contributed by atoms with E-state index in [0.29, 0.717) is 0 Å². The molecule has 0 saturated carbocycles. The van der Waals surface area contributed by atoms with Crippen LogP contribution in [0.4, 0.5) is 0 Å². The Morgan fingerprint density at radius 3 is 2.12 bits per heavy atom. The molecule has 98 valence electrons. The normalized spacial score (nSPS) is 13.9. The number of amides is 2. The molecule has 0 aliphatic rings. The Balaban J connectivity index is 4.50. The van der Waals surface area contributed by atoms with E-state index in [1.54, 1.807) is 13.8 Å². The second kappa shape index (κ2) is 6.85. The molecule has 2 amide bonds. The van der Waals surface area contributed by atoms with Crippen LogP contribution in [0.15, 0.2) is 0 Å². The molecule has 0 unspecified atom stereocenters. The third-order valence-corrected chi connectivity index (χ3v) is 2.22. The molecule has 0 rings (SSSR count). The van der Waals surface area contributed by atoms with E-state index < -0.39 is 30.4 Å². The van der Waals surface area contributed by atoms with Gasteiger partial charge in [0.05, 0.1) is 12.5 Å². The number of hydrogen-bond donors (Lipinski definition) is 4. The van der Waals surface area contributed by atoms with Crippen LogP contribution in [0.5, 0.6) is 0 Å². The number of nitrogens with two attached hydrogens (primary N) is 1. The fourth-order valence-electron chi connectivity index (χ4n) is 1.23. The van der Waals surface area contributed by atoms with E-state index in [-0.39, 0.29) is 11.8 Å². The Kier molecular flexibility index (Phi) is 6.19. The molecule has 0 aromatic carbocycles. The van der Waals surface area contributed by atoms with Gasteiger partial charge in [0.15, 0.2) is 0 Å². The Bertz CT molecular complexity index is 304. The van der Waals surface area contributed by atoms with Crippen LogP contribution in [0.2, 0.25) is 0 Å². The SMILES string of the molecule is CNC(=O)[C@@H](NC(=O)[C@@H](N)CC(=O)O)C(C)C. The summed E-state index contributed by atoms with van der Waals surface area (Å²) in [5, 5.41) is 13.3. The maximum absolute atomic E-state index is 11.5. The number of aliphatic carboxylic acids is 1. The van der Waals surface area contributed by atoms with Gasteiger partial charge in [-0.05, 0) is 5.92 Å². The topological polar surface area (TPSA) is 122 Å². The average molecular weight is 245 g/mol. The van der Waals surface area contributed by atoms with Crippen molar-refractivity contribution in [2.75, 3.05) is 7.05 Å². The first kappa shape index (κ1) is 15.4. The van der Waals surface area contributed by atoms with E-state index in [9.17, 15) is 14.4 Å². The van der Waals surface area contributed by atoms with Crippen LogP contribution >= 0.6 is 0 Å². The lowest BCUT2D eigenvalue weighted by Crippen LogP contribution is -2.53. The molecule has 0 aliphatic carbocycles. The van der Waals surface area contributed by atoms with Crippen LogP contribution in [0, 0.1) is 5.92 Å². The van der Waals surface area contributed by atoms with Crippen LogP contribution in [-0.2, 0) is 14.4 Å². The average Bonchev–Trinajstić information content (AvgIpc) is 2.22. The van der Waals surface area contributed by atoms with E-state index in [1.807, 2.05) is 0 Å². The minimum absolute atomic E-state index is 0.115. The number of carbonyl (C=O) groups is 3. The molecule has 0 aromatic rings. The van der Waals surface area contributed by atoms with Crippen LogP contribution in [-0.4, -0.2) is 42.0 Å². The van der Waals surface area contributed by atoms with Gasteiger partial charge in [0, 0.05) is 7.05 Å². The summed E-state index contributed by atoms with van der Waals surface area (Å²) in [6, 6.07) is -1.87. The van der Waals surface area contributed by atoms with Crippen molar-refractivity contribution in [3.63, 3.8) is 0 Å². The number of likely N-dealkylation sites (N-methyl/N-ethyl adjacent to an activating group) is 1. The van der Waals surface area contributed by atoms with Gasteiger partial charge < -0.3 is 21.5 Å². The number of rotatable bonds is 6. The van der Waals surface area contributed by atoms with E-state index in [4.69, 9.17) is 10.8 Å². The number of hydrogen-bond acceptors (Lipinski definition) is 4. The zero-order chi connectivity index (χ0) is 13.6. The Morgan fingerprint density at radius 1 is 1.24 bits per heavy atom. The summed E-state index contributed by atoms with van der Waals surface area (Å²) in [5.74, 6) is -2.25. The zero-order valence-corrected chi connectivity index (χ0v) is 10.2.